The molecule has 8 heteroatoms. The highest BCUT2D eigenvalue weighted by molar-refractivity contribution is 5.88. The molecule has 1 heterocycles. The summed E-state index contributed by atoms with van der Waals surface area (Å²) in [5.41, 5.74) is 6.73. The average Bonchev–Trinajstić information content (AvgIpc) is 2.65. The number of pyridine rings is 1. The Morgan fingerprint density at radius 3 is 2.70 bits per heavy atom. The van der Waals surface area contributed by atoms with E-state index in [-0.39, 0.29) is 6.54 Å². The number of nitrogens with two attached hydrogens (primary N) is 1. The fourth-order valence-corrected chi connectivity index (χ4v) is 2.35. The molecule has 0 aliphatic carbocycles. The number of ether oxygens (including phenoxy) is 1. The SMILES string of the molecule is CCCOCCNc1cc(C(C)(C)C#N)c(C=N)c(NC/C(N)=C/C=N)n1. The molecule has 27 heavy (non-hydrogen) atoms. The highest BCUT2D eigenvalue weighted by Gasteiger charge is 2.26. The normalized spacial score (nSPS) is 11.6. The number of hydrogen-bond acceptors (Lipinski definition) is 8. The molecule has 1 aromatic rings. The van der Waals surface area contributed by atoms with Gasteiger partial charge >= 0.3 is 0 Å². The summed E-state index contributed by atoms with van der Waals surface area (Å²) in [5.74, 6) is 1.06. The van der Waals surface area contributed by atoms with Gasteiger partial charge in [-0.15, -0.1) is 0 Å². The third kappa shape index (κ3) is 6.72. The molecule has 0 atom stereocenters. The molecule has 0 aromatic carbocycles. The summed E-state index contributed by atoms with van der Waals surface area (Å²) in [6, 6.07) is 4.08. The van der Waals surface area contributed by atoms with E-state index in [9.17, 15) is 5.26 Å². The lowest BCUT2D eigenvalue weighted by Gasteiger charge is -2.22. The van der Waals surface area contributed by atoms with E-state index in [2.05, 4.69) is 28.6 Å². The Balaban J connectivity index is 3.17. The molecule has 0 aliphatic heterocycles. The second-order valence-electron chi connectivity index (χ2n) is 6.50. The van der Waals surface area contributed by atoms with Crippen LogP contribution in [0.15, 0.2) is 17.8 Å². The molecule has 8 nitrogen and oxygen atoms in total. The second-order valence-corrected chi connectivity index (χ2v) is 6.50. The van der Waals surface area contributed by atoms with Crippen LogP contribution in [-0.2, 0) is 10.2 Å². The number of allylic oxidation sites excluding steroid dienone is 1. The fraction of sp³-hybridized carbons (Fsp3) is 0.474. The number of hydrogen-bond donors (Lipinski definition) is 5. The predicted molar refractivity (Wildman–Crippen MR) is 110 cm³/mol. The van der Waals surface area contributed by atoms with Crippen LogP contribution in [0.3, 0.4) is 0 Å². The van der Waals surface area contributed by atoms with E-state index >= 15 is 0 Å². The van der Waals surface area contributed by atoms with Crippen molar-refractivity contribution < 1.29 is 4.74 Å². The Labute approximate surface area is 160 Å². The van der Waals surface area contributed by atoms with Crippen LogP contribution in [0.1, 0.15) is 38.3 Å². The van der Waals surface area contributed by atoms with Crippen LogP contribution < -0.4 is 16.4 Å². The van der Waals surface area contributed by atoms with E-state index in [1.165, 1.54) is 12.3 Å². The summed E-state index contributed by atoms with van der Waals surface area (Å²) in [6.07, 6.45) is 4.74. The number of nitrogens with zero attached hydrogens (tertiary/aromatic N) is 2. The molecule has 0 bridgehead atoms. The zero-order valence-electron chi connectivity index (χ0n) is 16.2. The van der Waals surface area contributed by atoms with Gasteiger partial charge in [0.1, 0.15) is 11.6 Å². The first kappa shape index (κ1) is 22.1. The van der Waals surface area contributed by atoms with Gasteiger partial charge in [-0.3, -0.25) is 0 Å². The molecule has 0 fully saturated rings. The van der Waals surface area contributed by atoms with Crippen molar-refractivity contribution in [3.63, 3.8) is 0 Å². The first-order chi connectivity index (χ1) is 12.9. The van der Waals surface area contributed by atoms with Crippen LogP contribution in [0.5, 0.6) is 0 Å². The average molecular weight is 371 g/mol. The van der Waals surface area contributed by atoms with Gasteiger partial charge in [-0.1, -0.05) is 6.92 Å². The molecule has 0 unspecified atom stereocenters. The zero-order chi connectivity index (χ0) is 20.3. The standard InChI is InChI=1S/C19H29N7O/c1-4-8-27-9-7-24-17-10-16(19(2,3)13-22)15(11-21)18(26-17)25-12-14(23)5-6-20/h5-6,10-11,20-21H,4,7-9,12,23H2,1-3H3,(H2,24,25,26)/b14-5-,20-6?,21-11?. The monoisotopic (exact) mass is 371 g/mol. The number of rotatable bonds is 12. The third-order valence-corrected chi connectivity index (χ3v) is 3.81. The molecule has 0 spiro atoms. The predicted octanol–water partition coefficient (Wildman–Crippen LogP) is 2.62. The summed E-state index contributed by atoms with van der Waals surface area (Å²) in [4.78, 5) is 4.52. The van der Waals surface area contributed by atoms with Crippen LogP contribution in [0.4, 0.5) is 11.6 Å². The van der Waals surface area contributed by atoms with E-state index in [0.717, 1.165) is 12.6 Å². The summed E-state index contributed by atoms with van der Waals surface area (Å²) >= 11 is 0. The molecule has 1 aromatic heterocycles. The largest absolute Gasteiger partial charge is 0.401 e. The van der Waals surface area contributed by atoms with Gasteiger partial charge in [-0.05, 0) is 38.0 Å². The van der Waals surface area contributed by atoms with Gasteiger partial charge < -0.3 is 31.9 Å². The fourth-order valence-electron chi connectivity index (χ4n) is 2.35. The Morgan fingerprint density at radius 2 is 2.11 bits per heavy atom. The van der Waals surface area contributed by atoms with E-state index in [1.54, 1.807) is 19.9 Å². The second kappa shape index (κ2) is 10.9. The minimum atomic E-state index is -0.794. The molecule has 146 valence electrons. The summed E-state index contributed by atoms with van der Waals surface area (Å²) in [5, 5.41) is 30.7. The van der Waals surface area contributed by atoms with Gasteiger partial charge in [0.05, 0.1) is 24.6 Å². The van der Waals surface area contributed by atoms with Gasteiger partial charge in [-0.25, -0.2) is 4.98 Å². The highest BCUT2D eigenvalue weighted by Crippen LogP contribution is 2.31. The van der Waals surface area contributed by atoms with Crippen molar-refractivity contribution in [2.24, 2.45) is 5.73 Å². The topological polar surface area (TPSA) is 144 Å². The lowest BCUT2D eigenvalue weighted by atomic mass is 9.83. The smallest absolute Gasteiger partial charge is 0.137 e. The molecule has 0 aliphatic rings. The molecule has 6 N–H and O–H groups in total. The van der Waals surface area contributed by atoms with E-state index in [1.807, 2.05) is 0 Å². The Morgan fingerprint density at radius 1 is 1.37 bits per heavy atom. The van der Waals surface area contributed by atoms with Crippen molar-refractivity contribution in [2.45, 2.75) is 32.6 Å². The van der Waals surface area contributed by atoms with Gasteiger partial charge in [0.25, 0.3) is 0 Å². The maximum Gasteiger partial charge on any atom is 0.137 e. The van der Waals surface area contributed by atoms with Crippen molar-refractivity contribution in [3.05, 3.63) is 29.0 Å². The van der Waals surface area contributed by atoms with E-state index in [0.29, 0.717) is 48.2 Å². The maximum absolute atomic E-state index is 9.55. The van der Waals surface area contributed by atoms with Gasteiger partial charge in [0.2, 0.25) is 0 Å². The van der Waals surface area contributed by atoms with Gasteiger partial charge in [0.15, 0.2) is 0 Å². The van der Waals surface area contributed by atoms with E-state index < -0.39 is 5.41 Å². The number of anilines is 2. The van der Waals surface area contributed by atoms with Crippen molar-refractivity contribution in [3.8, 4) is 6.07 Å². The molecule has 0 amide bonds. The summed E-state index contributed by atoms with van der Waals surface area (Å²) in [7, 11) is 0. The van der Waals surface area contributed by atoms with Crippen molar-refractivity contribution in [1.82, 2.24) is 4.98 Å². The molecule has 0 saturated heterocycles. The highest BCUT2D eigenvalue weighted by atomic mass is 16.5. The molecular weight excluding hydrogens is 342 g/mol. The van der Waals surface area contributed by atoms with Crippen molar-refractivity contribution >= 4 is 24.1 Å². The summed E-state index contributed by atoms with van der Waals surface area (Å²) in [6.45, 7) is 7.78. The van der Waals surface area contributed by atoms with Crippen LogP contribution >= 0.6 is 0 Å². The van der Waals surface area contributed by atoms with Gasteiger partial charge in [0, 0.05) is 36.8 Å². The third-order valence-electron chi connectivity index (χ3n) is 3.81. The van der Waals surface area contributed by atoms with Crippen LogP contribution in [0, 0.1) is 22.1 Å². The molecule has 1 rings (SSSR count). The summed E-state index contributed by atoms with van der Waals surface area (Å²) < 4.78 is 5.46. The zero-order valence-corrected chi connectivity index (χ0v) is 16.2. The van der Waals surface area contributed by atoms with Crippen LogP contribution in [0.25, 0.3) is 0 Å². The Hall–Kier alpha value is -2.92. The van der Waals surface area contributed by atoms with Crippen molar-refractivity contribution in [1.29, 1.82) is 16.1 Å². The lowest BCUT2D eigenvalue weighted by molar-refractivity contribution is 0.144. The number of aromatic nitrogens is 1. The first-order valence-electron chi connectivity index (χ1n) is 8.87. The molecule has 0 saturated carbocycles. The Bertz CT molecular complexity index is 720. The number of nitriles is 1. The maximum atomic E-state index is 9.55. The minimum absolute atomic E-state index is 0.276. The van der Waals surface area contributed by atoms with Crippen LogP contribution in [-0.4, -0.2) is 43.7 Å². The quantitative estimate of drug-likeness (QED) is 0.282. The molecular formula is C19H29N7O. The molecule has 0 radical (unpaired) electrons. The first-order valence-corrected chi connectivity index (χ1v) is 8.87. The van der Waals surface area contributed by atoms with Crippen LogP contribution in [0.2, 0.25) is 0 Å². The minimum Gasteiger partial charge on any atom is -0.401 e. The van der Waals surface area contributed by atoms with Crippen molar-refractivity contribution in [2.75, 3.05) is 36.9 Å². The van der Waals surface area contributed by atoms with Gasteiger partial charge in [-0.2, -0.15) is 5.26 Å². The lowest BCUT2D eigenvalue weighted by Crippen LogP contribution is -2.21. The Kier molecular flexibility index (Phi) is 8.96. The number of nitrogens with one attached hydrogen (secondary N) is 4. The van der Waals surface area contributed by atoms with E-state index in [4.69, 9.17) is 21.3 Å².